The minimum Gasteiger partial charge on any atom is -0.354 e. The van der Waals surface area contributed by atoms with E-state index >= 15 is 0 Å². The van der Waals surface area contributed by atoms with Crippen molar-refractivity contribution >= 4 is 5.82 Å². The van der Waals surface area contributed by atoms with Crippen LogP contribution in [0.2, 0.25) is 0 Å². The smallest absolute Gasteiger partial charge is 0.131 e. The van der Waals surface area contributed by atoms with E-state index in [9.17, 15) is 0 Å². The quantitative estimate of drug-likeness (QED) is 0.884. The molecule has 2 aromatic rings. The molecular weight excluding hydrogens is 260 g/mol. The van der Waals surface area contributed by atoms with Crippen LogP contribution in [0.3, 0.4) is 0 Å². The van der Waals surface area contributed by atoms with Crippen molar-refractivity contribution in [2.45, 2.75) is 38.9 Å². The van der Waals surface area contributed by atoms with Gasteiger partial charge in [-0.05, 0) is 49.1 Å². The van der Waals surface area contributed by atoms with Crippen LogP contribution in [-0.2, 0) is 13.1 Å². The van der Waals surface area contributed by atoms with Gasteiger partial charge < -0.3 is 10.2 Å². The Morgan fingerprint density at radius 1 is 1.29 bits per heavy atom. The van der Waals surface area contributed by atoms with Gasteiger partial charge in [0, 0.05) is 32.0 Å². The van der Waals surface area contributed by atoms with Crippen molar-refractivity contribution in [2.24, 2.45) is 0 Å². The van der Waals surface area contributed by atoms with E-state index in [2.05, 4.69) is 40.2 Å². The number of hydrogen-bond donors (Lipinski definition) is 1. The lowest BCUT2D eigenvalue weighted by molar-refractivity contribution is 0.685. The second-order valence-corrected chi connectivity index (χ2v) is 5.82. The van der Waals surface area contributed by atoms with E-state index in [-0.39, 0.29) is 0 Å². The molecule has 0 amide bonds. The molecule has 0 atom stereocenters. The molecule has 0 aliphatic heterocycles. The van der Waals surface area contributed by atoms with Gasteiger partial charge in [-0.25, -0.2) is 4.98 Å². The maximum Gasteiger partial charge on any atom is 0.131 e. The fraction of sp³-hybridized carbons (Fsp3) is 0.412. The Morgan fingerprint density at radius 2 is 2.14 bits per heavy atom. The predicted molar refractivity (Wildman–Crippen MR) is 85.2 cm³/mol. The summed E-state index contributed by atoms with van der Waals surface area (Å²) in [6.45, 7) is 3.81. The number of hydrogen-bond acceptors (Lipinski definition) is 4. The second kappa shape index (κ2) is 6.22. The summed E-state index contributed by atoms with van der Waals surface area (Å²) in [5.74, 6) is 1.02. The summed E-state index contributed by atoms with van der Waals surface area (Å²) >= 11 is 0. The van der Waals surface area contributed by atoms with E-state index in [4.69, 9.17) is 0 Å². The predicted octanol–water partition coefficient (Wildman–Crippen LogP) is 2.67. The van der Waals surface area contributed by atoms with E-state index in [0.29, 0.717) is 0 Å². The number of pyridine rings is 2. The van der Waals surface area contributed by atoms with E-state index in [1.54, 1.807) is 0 Å². The van der Waals surface area contributed by atoms with E-state index in [1.807, 2.05) is 30.6 Å². The molecule has 1 saturated carbocycles. The van der Waals surface area contributed by atoms with Gasteiger partial charge in [-0.3, -0.25) is 4.98 Å². The number of nitrogens with one attached hydrogen (secondary N) is 1. The molecule has 4 heteroatoms. The summed E-state index contributed by atoms with van der Waals surface area (Å²) in [4.78, 5) is 11.1. The van der Waals surface area contributed by atoms with Crippen LogP contribution in [0.15, 0.2) is 36.7 Å². The molecule has 2 aromatic heterocycles. The standard InChI is InChI=1S/C17H22N4/c1-13-9-14(10-19-15-6-7-15)11-20-17(13)21(2)12-16-5-3-4-8-18-16/h3-5,8-9,11,15,19H,6-7,10,12H2,1-2H3. The maximum atomic E-state index is 4.63. The molecule has 4 nitrogen and oxygen atoms in total. The number of anilines is 1. The fourth-order valence-corrected chi connectivity index (χ4v) is 2.48. The average Bonchev–Trinajstić information content (AvgIpc) is 3.30. The highest BCUT2D eigenvalue weighted by molar-refractivity contribution is 5.46. The third-order valence-electron chi connectivity index (χ3n) is 3.77. The van der Waals surface area contributed by atoms with Crippen molar-refractivity contribution in [1.82, 2.24) is 15.3 Å². The molecule has 1 N–H and O–H groups in total. The SMILES string of the molecule is Cc1cc(CNC2CC2)cnc1N(C)Cc1ccccn1. The second-order valence-electron chi connectivity index (χ2n) is 5.82. The molecule has 0 radical (unpaired) electrons. The molecular formula is C17H22N4. The van der Waals surface area contributed by atoms with Crippen LogP contribution < -0.4 is 10.2 Å². The number of aryl methyl sites for hydroxylation is 1. The molecule has 1 aliphatic carbocycles. The zero-order valence-corrected chi connectivity index (χ0v) is 12.7. The van der Waals surface area contributed by atoms with Gasteiger partial charge in [-0.15, -0.1) is 0 Å². The molecule has 0 saturated heterocycles. The maximum absolute atomic E-state index is 4.63. The average molecular weight is 282 g/mol. The summed E-state index contributed by atoms with van der Waals surface area (Å²) < 4.78 is 0. The molecule has 21 heavy (non-hydrogen) atoms. The third-order valence-corrected chi connectivity index (χ3v) is 3.77. The van der Waals surface area contributed by atoms with E-state index in [1.165, 1.54) is 24.0 Å². The topological polar surface area (TPSA) is 41.1 Å². The van der Waals surface area contributed by atoms with Crippen molar-refractivity contribution in [1.29, 1.82) is 0 Å². The van der Waals surface area contributed by atoms with Crippen molar-refractivity contribution in [2.75, 3.05) is 11.9 Å². The van der Waals surface area contributed by atoms with Gasteiger partial charge in [-0.1, -0.05) is 6.07 Å². The zero-order valence-electron chi connectivity index (χ0n) is 12.7. The van der Waals surface area contributed by atoms with E-state index in [0.717, 1.165) is 30.6 Å². The summed E-state index contributed by atoms with van der Waals surface area (Å²) in [7, 11) is 2.06. The minimum absolute atomic E-state index is 0.733. The van der Waals surface area contributed by atoms with Crippen molar-refractivity contribution in [3.05, 3.63) is 53.5 Å². The van der Waals surface area contributed by atoms with Crippen LogP contribution in [0.4, 0.5) is 5.82 Å². The highest BCUT2D eigenvalue weighted by Gasteiger charge is 2.20. The van der Waals surface area contributed by atoms with Crippen LogP contribution in [-0.4, -0.2) is 23.1 Å². The Hall–Kier alpha value is -1.94. The van der Waals surface area contributed by atoms with Crippen LogP contribution in [0.5, 0.6) is 0 Å². The first-order valence-electron chi connectivity index (χ1n) is 7.52. The Labute approximate surface area is 126 Å². The summed E-state index contributed by atoms with van der Waals surface area (Å²) in [6, 6.07) is 8.96. The van der Waals surface area contributed by atoms with Gasteiger partial charge in [0.05, 0.1) is 12.2 Å². The first-order valence-corrected chi connectivity index (χ1v) is 7.52. The Morgan fingerprint density at radius 3 is 2.81 bits per heavy atom. The summed E-state index contributed by atoms with van der Waals surface area (Å²) in [6.07, 6.45) is 6.44. The summed E-state index contributed by atoms with van der Waals surface area (Å²) in [5, 5.41) is 3.53. The largest absolute Gasteiger partial charge is 0.354 e. The minimum atomic E-state index is 0.733. The molecule has 0 aromatic carbocycles. The monoisotopic (exact) mass is 282 g/mol. The zero-order chi connectivity index (χ0) is 14.7. The van der Waals surface area contributed by atoms with Gasteiger partial charge in [0.1, 0.15) is 5.82 Å². The number of nitrogens with zero attached hydrogens (tertiary/aromatic N) is 3. The van der Waals surface area contributed by atoms with Crippen LogP contribution >= 0.6 is 0 Å². The van der Waals surface area contributed by atoms with Gasteiger partial charge in [0.15, 0.2) is 0 Å². The molecule has 2 heterocycles. The van der Waals surface area contributed by atoms with Crippen LogP contribution in [0.25, 0.3) is 0 Å². The number of rotatable bonds is 6. The van der Waals surface area contributed by atoms with Gasteiger partial charge in [-0.2, -0.15) is 0 Å². The van der Waals surface area contributed by atoms with E-state index < -0.39 is 0 Å². The van der Waals surface area contributed by atoms with Crippen molar-refractivity contribution in [3.63, 3.8) is 0 Å². The van der Waals surface area contributed by atoms with Crippen molar-refractivity contribution < 1.29 is 0 Å². The Balaban J connectivity index is 1.66. The molecule has 0 spiro atoms. The highest BCUT2D eigenvalue weighted by atomic mass is 15.2. The van der Waals surface area contributed by atoms with Crippen LogP contribution in [0, 0.1) is 6.92 Å². The molecule has 1 aliphatic rings. The molecule has 1 fully saturated rings. The number of aromatic nitrogens is 2. The van der Waals surface area contributed by atoms with Gasteiger partial charge in [0.25, 0.3) is 0 Å². The highest BCUT2D eigenvalue weighted by Crippen LogP contribution is 2.21. The Kier molecular flexibility index (Phi) is 4.15. The van der Waals surface area contributed by atoms with Gasteiger partial charge in [0.2, 0.25) is 0 Å². The molecule has 110 valence electrons. The first-order chi connectivity index (χ1) is 10.2. The Bertz CT molecular complexity index is 593. The summed E-state index contributed by atoms with van der Waals surface area (Å²) in [5.41, 5.74) is 3.53. The molecule has 0 unspecified atom stereocenters. The lowest BCUT2D eigenvalue weighted by atomic mass is 10.2. The normalized spacial score (nSPS) is 14.2. The third kappa shape index (κ3) is 3.79. The molecule has 0 bridgehead atoms. The van der Waals surface area contributed by atoms with Crippen LogP contribution in [0.1, 0.15) is 29.7 Å². The lowest BCUT2D eigenvalue weighted by Gasteiger charge is -2.20. The lowest BCUT2D eigenvalue weighted by Crippen LogP contribution is -2.20. The molecule has 3 rings (SSSR count). The first kappa shape index (κ1) is 14.0. The van der Waals surface area contributed by atoms with Gasteiger partial charge >= 0.3 is 0 Å². The fourth-order valence-electron chi connectivity index (χ4n) is 2.48. The van der Waals surface area contributed by atoms with Crippen molar-refractivity contribution in [3.8, 4) is 0 Å².